The van der Waals surface area contributed by atoms with Gasteiger partial charge in [-0.25, -0.2) is 0 Å². The molecule has 0 bridgehead atoms. The standard InChI is InChI=1S/C15H25BrN2/c1-11(2)7-8-18(4)15(10-17)13-6-5-12(3)9-14(13)16/h5-6,9,11,15H,7-8,10,17H2,1-4H3. The van der Waals surface area contributed by atoms with Crippen LogP contribution in [0.15, 0.2) is 22.7 Å². The SMILES string of the molecule is Cc1ccc(C(CN)N(C)CCC(C)C)c(Br)c1. The Balaban J connectivity index is 2.81. The highest BCUT2D eigenvalue weighted by atomic mass is 79.9. The molecule has 18 heavy (non-hydrogen) atoms. The normalized spacial score (nSPS) is 13.3. The van der Waals surface area contributed by atoms with Crippen molar-refractivity contribution in [2.45, 2.75) is 33.2 Å². The molecule has 0 aliphatic rings. The highest BCUT2D eigenvalue weighted by Crippen LogP contribution is 2.27. The van der Waals surface area contributed by atoms with Crippen molar-refractivity contribution in [2.75, 3.05) is 20.1 Å². The van der Waals surface area contributed by atoms with Gasteiger partial charge in [0, 0.05) is 17.1 Å². The molecule has 2 N–H and O–H groups in total. The molecular weight excluding hydrogens is 288 g/mol. The summed E-state index contributed by atoms with van der Waals surface area (Å²) in [5, 5.41) is 0. The molecule has 1 aromatic carbocycles. The van der Waals surface area contributed by atoms with Crippen molar-refractivity contribution in [1.82, 2.24) is 4.90 Å². The third-order valence-corrected chi connectivity index (χ3v) is 4.02. The Hall–Kier alpha value is -0.380. The lowest BCUT2D eigenvalue weighted by atomic mass is 10.0. The zero-order chi connectivity index (χ0) is 13.7. The van der Waals surface area contributed by atoms with E-state index >= 15 is 0 Å². The maximum atomic E-state index is 5.96. The lowest BCUT2D eigenvalue weighted by molar-refractivity contribution is 0.235. The molecule has 0 fully saturated rings. The van der Waals surface area contributed by atoms with E-state index in [0.717, 1.165) is 16.9 Å². The number of rotatable bonds is 6. The zero-order valence-electron chi connectivity index (χ0n) is 11.9. The summed E-state index contributed by atoms with van der Waals surface area (Å²) in [5.41, 5.74) is 8.51. The molecule has 0 saturated carbocycles. The van der Waals surface area contributed by atoms with E-state index in [1.807, 2.05) is 0 Å². The molecule has 1 rings (SSSR count). The molecule has 1 atom stereocenters. The van der Waals surface area contributed by atoms with Crippen LogP contribution in [0.3, 0.4) is 0 Å². The second-order valence-corrected chi connectivity index (χ2v) is 6.29. The van der Waals surface area contributed by atoms with E-state index in [0.29, 0.717) is 12.6 Å². The largest absolute Gasteiger partial charge is 0.329 e. The Morgan fingerprint density at radius 3 is 2.50 bits per heavy atom. The number of hydrogen-bond acceptors (Lipinski definition) is 2. The van der Waals surface area contributed by atoms with E-state index in [1.54, 1.807) is 0 Å². The predicted octanol–water partition coefficient (Wildman–Crippen LogP) is 3.74. The monoisotopic (exact) mass is 312 g/mol. The first-order valence-electron chi connectivity index (χ1n) is 6.62. The number of nitrogens with zero attached hydrogens (tertiary/aromatic N) is 1. The number of likely N-dealkylation sites (N-methyl/N-ethyl adjacent to an activating group) is 1. The lowest BCUT2D eigenvalue weighted by Crippen LogP contribution is -2.32. The van der Waals surface area contributed by atoms with Gasteiger partial charge in [0.15, 0.2) is 0 Å². The van der Waals surface area contributed by atoms with Crippen LogP contribution in [0, 0.1) is 12.8 Å². The molecule has 0 heterocycles. The minimum absolute atomic E-state index is 0.290. The Labute approximate surface area is 120 Å². The minimum atomic E-state index is 0.290. The summed E-state index contributed by atoms with van der Waals surface area (Å²) in [5.74, 6) is 0.729. The Morgan fingerprint density at radius 1 is 1.33 bits per heavy atom. The van der Waals surface area contributed by atoms with Crippen LogP contribution in [0.5, 0.6) is 0 Å². The van der Waals surface area contributed by atoms with Crippen molar-refractivity contribution >= 4 is 15.9 Å². The second kappa shape index (κ2) is 7.27. The van der Waals surface area contributed by atoms with Gasteiger partial charge >= 0.3 is 0 Å². The first-order chi connectivity index (χ1) is 8.45. The van der Waals surface area contributed by atoms with Gasteiger partial charge in [0.25, 0.3) is 0 Å². The maximum absolute atomic E-state index is 5.96. The summed E-state index contributed by atoms with van der Waals surface area (Å²) < 4.78 is 1.16. The van der Waals surface area contributed by atoms with Gasteiger partial charge in [-0.3, -0.25) is 4.90 Å². The number of aryl methyl sites for hydroxylation is 1. The summed E-state index contributed by atoms with van der Waals surface area (Å²) in [6.45, 7) is 8.35. The average molecular weight is 313 g/mol. The van der Waals surface area contributed by atoms with E-state index in [4.69, 9.17) is 5.73 Å². The summed E-state index contributed by atoms with van der Waals surface area (Å²) in [4.78, 5) is 2.36. The van der Waals surface area contributed by atoms with Gasteiger partial charge in [0.1, 0.15) is 0 Å². The third-order valence-electron chi connectivity index (χ3n) is 3.33. The van der Waals surface area contributed by atoms with Gasteiger partial charge < -0.3 is 5.73 Å². The number of benzene rings is 1. The third kappa shape index (κ3) is 4.38. The predicted molar refractivity (Wildman–Crippen MR) is 82.8 cm³/mol. The molecule has 0 aliphatic heterocycles. The van der Waals surface area contributed by atoms with Gasteiger partial charge in [-0.05, 0) is 50.0 Å². The fourth-order valence-corrected chi connectivity index (χ4v) is 2.82. The molecule has 0 aromatic heterocycles. The van der Waals surface area contributed by atoms with Crippen molar-refractivity contribution in [3.63, 3.8) is 0 Å². The van der Waals surface area contributed by atoms with Crippen LogP contribution in [-0.4, -0.2) is 25.0 Å². The first kappa shape index (κ1) is 15.7. The van der Waals surface area contributed by atoms with Crippen LogP contribution in [0.4, 0.5) is 0 Å². The molecule has 0 aliphatic carbocycles. The second-order valence-electron chi connectivity index (χ2n) is 5.44. The molecule has 2 nitrogen and oxygen atoms in total. The highest BCUT2D eigenvalue weighted by molar-refractivity contribution is 9.10. The lowest BCUT2D eigenvalue weighted by Gasteiger charge is -2.29. The number of halogens is 1. The van der Waals surface area contributed by atoms with Crippen molar-refractivity contribution in [3.8, 4) is 0 Å². The first-order valence-corrected chi connectivity index (χ1v) is 7.41. The molecule has 1 aromatic rings. The van der Waals surface area contributed by atoms with Crippen LogP contribution in [0.1, 0.15) is 37.4 Å². The van der Waals surface area contributed by atoms with Crippen LogP contribution >= 0.6 is 15.9 Å². The maximum Gasteiger partial charge on any atom is 0.0478 e. The molecular formula is C15H25BrN2. The quantitative estimate of drug-likeness (QED) is 0.867. The summed E-state index contributed by atoms with van der Waals surface area (Å²) >= 11 is 3.65. The van der Waals surface area contributed by atoms with Crippen molar-refractivity contribution in [2.24, 2.45) is 11.7 Å². The Morgan fingerprint density at radius 2 is 2.00 bits per heavy atom. The molecule has 0 amide bonds. The van der Waals surface area contributed by atoms with Crippen LogP contribution in [0.2, 0.25) is 0 Å². The van der Waals surface area contributed by atoms with Crippen molar-refractivity contribution < 1.29 is 0 Å². The van der Waals surface area contributed by atoms with E-state index in [9.17, 15) is 0 Å². The Bertz CT molecular complexity index is 377. The van der Waals surface area contributed by atoms with Crippen molar-refractivity contribution in [3.05, 3.63) is 33.8 Å². The molecule has 0 spiro atoms. The Kier molecular flexibility index (Phi) is 6.33. The van der Waals surface area contributed by atoms with Crippen molar-refractivity contribution in [1.29, 1.82) is 0 Å². The fourth-order valence-electron chi connectivity index (χ4n) is 2.06. The molecule has 0 saturated heterocycles. The van der Waals surface area contributed by atoms with E-state index < -0.39 is 0 Å². The van der Waals surface area contributed by atoms with Crippen LogP contribution < -0.4 is 5.73 Å². The molecule has 1 unspecified atom stereocenters. The van der Waals surface area contributed by atoms with Crippen LogP contribution in [0.25, 0.3) is 0 Å². The van der Waals surface area contributed by atoms with E-state index in [2.05, 4.69) is 66.8 Å². The number of hydrogen-bond donors (Lipinski definition) is 1. The summed E-state index contributed by atoms with van der Waals surface area (Å²) in [7, 11) is 2.16. The minimum Gasteiger partial charge on any atom is -0.329 e. The highest BCUT2D eigenvalue weighted by Gasteiger charge is 2.17. The van der Waals surface area contributed by atoms with Gasteiger partial charge in [-0.1, -0.05) is 41.9 Å². The van der Waals surface area contributed by atoms with Crippen LogP contribution in [-0.2, 0) is 0 Å². The zero-order valence-corrected chi connectivity index (χ0v) is 13.5. The topological polar surface area (TPSA) is 29.3 Å². The van der Waals surface area contributed by atoms with Gasteiger partial charge in [-0.2, -0.15) is 0 Å². The average Bonchev–Trinajstić information content (AvgIpc) is 2.30. The summed E-state index contributed by atoms with van der Waals surface area (Å²) in [6.07, 6.45) is 1.20. The fraction of sp³-hybridized carbons (Fsp3) is 0.600. The van der Waals surface area contributed by atoms with Gasteiger partial charge in [0.05, 0.1) is 0 Å². The van der Waals surface area contributed by atoms with Gasteiger partial charge in [0.2, 0.25) is 0 Å². The summed E-state index contributed by atoms with van der Waals surface area (Å²) in [6, 6.07) is 6.79. The molecule has 0 radical (unpaired) electrons. The smallest absolute Gasteiger partial charge is 0.0478 e. The molecule has 3 heteroatoms. The number of nitrogens with two attached hydrogens (primary N) is 1. The molecule has 102 valence electrons. The van der Waals surface area contributed by atoms with E-state index in [-0.39, 0.29) is 0 Å². The van der Waals surface area contributed by atoms with Gasteiger partial charge in [-0.15, -0.1) is 0 Å². The van der Waals surface area contributed by atoms with E-state index in [1.165, 1.54) is 17.5 Å².